The fourth-order valence-corrected chi connectivity index (χ4v) is 6.31. The van der Waals surface area contributed by atoms with Crippen molar-refractivity contribution in [3.63, 3.8) is 0 Å². The van der Waals surface area contributed by atoms with Crippen molar-refractivity contribution in [2.24, 2.45) is 0 Å². The van der Waals surface area contributed by atoms with Gasteiger partial charge in [-0.3, -0.25) is 9.59 Å². The zero-order valence-corrected chi connectivity index (χ0v) is 26.8. The first-order valence-electron chi connectivity index (χ1n) is 15.6. The third-order valence-corrected chi connectivity index (χ3v) is 9.08. The zero-order chi connectivity index (χ0) is 33.1. The van der Waals surface area contributed by atoms with Gasteiger partial charge in [0.25, 0.3) is 15.9 Å². The van der Waals surface area contributed by atoms with Gasteiger partial charge in [0.05, 0.1) is 23.7 Å². The molecule has 1 amide bonds. The Morgan fingerprint density at radius 2 is 1.60 bits per heavy atom. The number of anilines is 1. The average Bonchev–Trinajstić information content (AvgIpc) is 3.08. The summed E-state index contributed by atoms with van der Waals surface area (Å²) in [6, 6.07) is 31.3. The number of sulfonamides is 1. The molecular formula is C37H38N2O7S. The molecule has 5 rings (SSSR count). The summed E-state index contributed by atoms with van der Waals surface area (Å²) in [6.45, 7) is 1.04. The molecule has 0 radical (unpaired) electrons. The van der Waals surface area contributed by atoms with Crippen molar-refractivity contribution in [2.75, 3.05) is 24.6 Å². The molecule has 1 aliphatic heterocycles. The molecule has 4 aromatic rings. The van der Waals surface area contributed by atoms with Crippen molar-refractivity contribution in [3.8, 4) is 11.5 Å². The van der Waals surface area contributed by atoms with E-state index in [4.69, 9.17) is 14.6 Å². The standard InChI is InChI=1S/C37H38N2O7S/c40-35(41)18-10-25-39-27-34(37(42)38-47(43,44)32-15-5-2-6-16-32)46-36-30(14-9-17-33(36)39)22-19-29-20-23-31(24-21-29)45-26-8-7-13-28-11-3-1-4-12-28/h1-6,9,11-12,14-17,19-24,34H,7-8,10,13,18,25-27H2,(H,38,42)(H,40,41). The summed E-state index contributed by atoms with van der Waals surface area (Å²) < 4.78 is 39.9. The van der Waals surface area contributed by atoms with E-state index in [-0.39, 0.29) is 17.9 Å². The number of carbonyl (C=O) groups excluding carboxylic acids is 1. The molecule has 1 aliphatic rings. The van der Waals surface area contributed by atoms with E-state index < -0.39 is 28.0 Å². The number of carboxylic acid groups (broad SMARTS) is 1. The second-order valence-corrected chi connectivity index (χ2v) is 12.9. The number of rotatable bonds is 15. The number of hydrogen-bond acceptors (Lipinski definition) is 7. The number of nitrogens with zero attached hydrogens (tertiary/aromatic N) is 1. The number of hydrogen-bond donors (Lipinski definition) is 2. The lowest BCUT2D eigenvalue weighted by Crippen LogP contribution is -2.50. The van der Waals surface area contributed by atoms with Crippen LogP contribution in [0.4, 0.5) is 5.69 Å². The third kappa shape index (κ3) is 9.46. The molecule has 0 bridgehead atoms. The van der Waals surface area contributed by atoms with E-state index in [1.54, 1.807) is 18.2 Å². The molecule has 9 nitrogen and oxygen atoms in total. The summed E-state index contributed by atoms with van der Waals surface area (Å²) in [5.41, 5.74) is 3.64. The van der Waals surface area contributed by atoms with Crippen LogP contribution in [0.2, 0.25) is 0 Å². The largest absolute Gasteiger partial charge is 0.494 e. The SMILES string of the molecule is O=C(O)CCCN1CC(C(=O)NS(=O)(=O)c2ccccc2)Oc2c(C=Cc3ccc(OCCCCc4ccccc4)cc3)cccc21. The van der Waals surface area contributed by atoms with Gasteiger partial charge in [-0.2, -0.15) is 0 Å². The van der Waals surface area contributed by atoms with Gasteiger partial charge in [0.15, 0.2) is 11.9 Å². The van der Waals surface area contributed by atoms with Gasteiger partial charge < -0.3 is 19.5 Å². The molecular weight excluding hydrogens is 616 g/mol. The Kier molecular flexibility index (Phi) is 11.3. The molecule has 1 atom stereocenters. The van der Waals surface area contributed by atoms with Crippen LogP contribution >= 0.6 is 0 Å². The van der Waals surface area contributed by atoms with Crippen LogP contribution in [-0.4, -0.2) is 51.2 Å². The van der Waals surface area contributed by atoms with Crippen LogP contribution in [0.1, 0.15) is 42.4 Å². The van der Waals surface area contributed by atoms with Crippen LogP contribution in [0.3, 0.4) is 0 Å². The number of fused-ring (bicyclic) bond motifs is 1. The van der Waals surface area contributed by atoms with Crippen LogP contribution in [0.15, 0.2) is 108 Å². The van der Waals surface area contributed by atoms with E-state index >= 15 is 0 Å². The Bertz CT molecular complexity index is 1780. The molecule has 1 unspecified atom stereocenters. The fourth-order valence-electron chi connectivity index (χ4n) is 5.28. The highest BCUT2D eigenvalue weighted by Gasteiger charge is 2.34. The topological polar surface area (TPSA) is 122 Å². The van der Waals surface area contributed by atoms with Gasteiger partial charge in [-0.15, -0.1) is 0 Å². The number of nitrogens with one attached hydrogen (secondary N) is 1. The Balaban J connectivity index is 1.25. The first-order chi connectivity index (χ1) is 22.8. The molecule has 1 heterocycles. The average molecular weight is 655 g/mol. The maximum absolute atomic E-state index is 13.3. The van der Waals surface area contributed by atoms with Gasteiger partial charge >= 0.3 is 5.97 Å². The lowest BCUT2D eigenvalue weighted by Gasteiger charge is -2.36. The van der Waals surface area contributed by atoms with Crippen LogP contribution in [0, 0.1) is 0 Å². The number of unbranched alkanes of at least 4 members (excludes halogenated alkanes) is 1. The fraction of sp³-hybridized carbons (Fsp3) is 0.243. The van der Waals surface area contributed by atoms with Gasteiger partial charge in [-0.1, -0.05) is 84.9 Å². The predicted octanol–water partition coefficient (Wildman–Crippen LogP) is 6.20. The molecule has 244 valence electrons. The molecule has 10 heteroatoms. The number of ether oxygens (including phenoxy) is 2. The van der Waals surface area contributed by atoms with Crippen molar-refractivity contribution in [3.05, 3.63) is 120 Å². The normalized spacial score (nSPS) is 14.3. The van der Waals surface area contributed by atoms with E-state index in [0.29, 0.717) is 36.6 Å². The summed E-state index contributed by atoms with van der Waals surface area (Å²) >= 11 is 0. The Morgan fingerprint density at radius 1 is 0.872 bits per heavy atom. The smallest absolute Gasteiger partial charge is 0.303 e. The third-order valence-electron chi connectivity index (χ3n) is 7.72. The molecule has 0 aromatic heterocycles. The minimum Gasteiger partial charge on any atom is -0.494 e. The molecule has 47 heavy (non-hydrogen) atoms. The van der Waals surface area contributed by atoms with E-state index in [2.05, 4.69) is 29.0 Å². The molecule has 0 spiro atoms. The summed E-state index contributed by atoms with van der Waals surface area (Å²) in [5.74, 6) is -0.522. The highest BCUT2D eigenvalue weighted by atomic mass is 32.2. The first-order valence-corrected chi connectivity index (χ1v) is 17.1. The van der Waals surface area contributed by atoms with Crippen molar-refractivity contribution in [2.45, 2.75) is 43.1 Å². The van der Waals surface area contributed by atoms with Crippen LogP contribution in [-0.2, 0) is 26.0 Å². The van der Waals surface area contributed by atoms with Crippen LogP contribution < -0.4 is 19.1 Å². The van der Waals surface area contributed by atoms with E-state index in [1.165, 1.54) is 17.7 Å². The number of carboxylic acids is 1. The predicted molar refractivity (Wildman–Crippen MR) is 182 cm³/mol. The van der Waals surface area contributed by atoms with Gasteiger partial charge in [-0.05, 0) is 67.1 Å². The maximum atomic E-state index is 13.3. The van der Waals surface area contributed by atoms with Crippen molar-refractivity contribution in [1.82, 2.24) is 4.72 Å². The number of para-hydroxylation sites is 1. The van der Waals surface area contributed by atoms with Crippen LogP contribution in [0.25, 0.3) is 12.2 Å². The monoisotopic (exact) mass is 654 g/mol. The quantitative estimate of drug-likeness (QED) is 0.115. The van der Waals surface area contributed by atoms with Crippen molar-refractivity contribution >= 4 is 39.7 Å². The number of aryl methyl sites for hydroxylation is 1. The number of benzene rings is 4. The molecule has 2 N–H and O–H groups in total. The maximum Gasteiger partial charge on any atom is 0.303 e. The van der Waals surface area contributed by atoms with E-state index in [1.807, 2.05) is 65.6 Å². The van der Waals surface area contributed by atoms with Gasteiger partial charge in [-0.25, -0.2) is 13.1 Å². The first kappa shape index (κ1) is 33.3. The Morgan fingerprint density at radius 3 is 2.32 bits per heavy atom. The second-order valence-electron chi connectivity index (χ2n) is 11.2. The molecule has 0 saturated carbocycles. The highest BCUT2D eigenvalue weighted by molar-refractivity contribution is 7.90. The van der Waals surface area contributed by atoms with Crippen molar-refractivity contribution < 1.29 is 32.6 Å². The number of aliphatic carboxylic acids is 1. The van der Waals surface area contributed by atoms with Gasteiger partial charge in [0.2, 0.25) is 0 Å². The molecule has 0 saturated heterocycles. The number of carbonyl (C=O) groups is 2. The summed E-state index contributed by atoms with van der Waals surface area (Å²) in [7, 11) is -4.11. The summed E-state index contributed by atoms with van der Waals surface area (Å²) in [4.78, 5) is 26.3. The van der Waals surface area contributed by atoms with Gasteiger partial charge in [0.1, 0.15) is 5.75 Å². The minimum atomic E-state index is -4.11. The molecule has 0 fully saturated rings. The minimum absolute atomic E-state index is 0.0361. The molecule has 0 aliphatic carbocycles. The Hall–Kier alpha value is -5.09. The van der Waals surface area contributed by atoms with E-state index in [0.717, 1.165) is 30.6 Å². The number of amides is 1. The summed E-state index contributed by atoms with van der Waals surface area (Å²) in [5, 5.41) is 9.17. The highest BCUT2D eigenvalue weighted by Crippen LogP contribution is 2.38. The second kappa shape index (κ2) is 16.0. The Labute approximate surface area is 275 Å². The lowest BCUT2D eigenvalue weighted by molar-refractivity contribution is -0.137. The van der Waals surface area contributed by atoms with Crippen LogP contribution in [0.5, 0.6) is 11.5 Å². The lowest BCUT2D eigenvalue weighted by atomic mass is 10.1. The van der Waals surface area contributed by atoms with Crippen molar-refractivity contribution in [1.29, 1.82) is 0 Å². The molecule has 4 aromatic carbocycles. The van der Waals surface area contributed by atoms with Gasteiger partial charge in [0, 0.05) is 18.5 Å². The van der Waals surface area contributed by atoms with E-state index in [9.17, 15) is 18.0 Å². The zero-order valence-electron chi connectivity index (χ0n) is 26.0. The summed E-state index contributed by atoms with van der Waals surface area (Å²) in [6.07, 6.45) is 5.97.